The molecule has 1 aromatic rings. The molecule has 1 aromatic carbocycles. The molecule has 0 amide bonds. The van der Waals surface area contributed by atoms with Crippen molar-refractivity contribution in [2.24, 2.45) is 11.8 Å². The van der Waals surface area contributed by atoms with Crippen LogP contribution in [0.5, 0.6) is 5.75 Å². The third kappa shape index (κ3) is 4.52. The number of ether oxygens (including phenoxy) is 5. The first-order chi connectivity index (χ1) is 18.6. The highest BCUT2D eigenvalue weighted by Gasteiger charge is 2.60. The van der Waals surface area contributed by atoms with Crippen molar-refractivity contribution >= 4 is 17.7 Å². The van der Waals surface area contributed by atoms with Gasteiger partial charge in [-0.15, -0.1) is 0 Å². The van der Waals surface area contributed by atoms with Gasteiger partial charge in [-0.05, 0) is 36.4 Å². The van der Waals surface area contributed by atoms with Gasteiger partial charge in [0.25, 0.3) is 0 Å². The minimum Gasteiger partial charge on any atom is -0.508 e. The number of aliphatic hydroxyl groups excluding tert-OH is 4. The number of aliphatic hydroxyl groups is 4. The van der Waals surface area contributed by atoms with Crippen LogP contribution in [0.1, 0.15) is 10.4 Å². The summed E-state index contributed by atoms with van der Waals surface area (Å²) in [5.74, 6) is -4.24. The third-order valence-electron chi connectivity index (χ3n) is 7.22. The predicted octanol–water partition coefficient (Wildman–Crippen LogP) is -1.17. The molecule has 9 atom stereocenters. The topological polar surface area (TPSA) is 199 Å². The number of fused-ring (bicyclic) bond motifs is 2. The third-order valence-corrected chi connectivity index (χ3v) is 7.22. The zero-order valence-electron chi connectivity index (χ0n) is 20.4. The second-order valence-corrected chi connectivity index (χ2v) is 9.49. The number of phenolic OH excluding ortho intramolecular Hbond substituents is 1. The van der Waals surface area contributed by atoms with Gasteiger partial charge in [-0.25, -0.2) is 9.59 Å². The molecule has 13 nitrogen and oxygen atoms in total. The van der Waals surface area contributed by atoms with Crippen LogP contribution in [-0.2, 0) is 33.3 Å². The molecule has 5 N–H and O–H groups in total. The Morgan fingerprint density at radius 2 is 1.77 bits per heavy atom. The lowest BCUT2D eigenvalue weighted by Crippen LogP contribution is -2.60. The zero-order chi connectivity index (χ0) is 28.1. The van der Waals surface area contributed by atoms with Gasteiger partial charge >= 0.3 is 11.9 Å². The number of benzene rings is 1. The van der Waals surface area contributed by atoms with E-state index in [1.54, 1.807) is 6.08 Å². The molecule has 39 heavy (non-hydrogen) atoms. The highest BCUT2D eigenvalue weighted by atomic mass is 16.8. The van der Waals surface area contributed by atoms with Crippen molar-refractivity contribution < 1.29 is 63.6 Å². The Labute approximate surface area is 221 Å². The van der Waals surface area contributed by atoms with E-state index in [4.69, 9.17) is 23.7 Å². The van der Waals surface area contributed by atoms with E-state index in [-0.39, 0.29) is 22.5 Å². The van der Waals surface area contributed by atoms with Gasteiger partial charge in [0.15, 0.2) is 17.7 Å². The summed E-state index contributed by atoms with van der Waals surface area (Å²) < 4.78 is 27.5. The van der Waals surface area contributed by atoms with Crippen LogP contribution in [0.2, 0.25) is 0 Å². The molecule has 1 spiro atoms. The molecular formula is C26H26O13. The minimum absolute atomic E-state index is 0.0621. The SMILES string of the molecule is COC(=O)C1=CO[C@H](O[C@@H]2O[C@H](CO)[C@@H](O)[C@H](O)[C@H]2O)[C@H]2[C@@H]1C=C[C@@]21C=C(C(=O)c2ccc(O)cc2)C(=O)O1. The summed E-state index contributed by atoms with van der Waals surface area (Å²) in [5, 5.41) is 49.7. The number of hydrogen-bond donors (Lipinski definition) is 5. The molecule has 0 aromatic heterocycles. The fraction of sp³-hybridized carbons (Fsp3) is 0.423. The number of ketones is 1. The molecular weight excluding hydrogens is 520 g/mol. The summed E-state index contributed by atoms with van der Waals surface area (Å²) in [6.45, 7) is -0.691. The molecule has 13 heteroatoms. The quantitative estimate of drug-likeness (QED) is 0.124. The van der Waals surface area contributed by atoms with Crippen LogP contribution in [0, 0.1) is 11.8 Å². The van der Waals surface area contributed by atoms with Crippen molar-refractivity contribution in [1.29, 1.82) is 0 Å². The smallest absolute Gasteiger partial charge is 0.343 e. The maximum Gasteiger partial charge on any atom is 0.343 e. The Balaban J connectivity index is 1.49. The summed E-state index contributed by atoms with van der Waals surface area (Å²) in [5.41, 5.74) is -1.75. The van der Waals surface area contributed by atoms with E-state index in [2.05, 4.69) is 0 Å². The van der Waals surface area contributed by atoms with E-state index in [1.165, 1.54) is 43.5 Å². The zero-order valence-corrected chi connectivity index (χ0v) is 20.4. The van der Waals surface area contributed by atoms with Gasteiger partial charge in [-0.3, -0.25) is 4.79 Å². The van der Waals surface area contributed by atoms with Gasteiger partial charge in [0.1, 0.15) is 35.7 Å². The average molecular weight is 546 g/mol. The first kappa shape index (κ1) is 27.0. The van der Waals surface area contributed by atoms with E-state index >= 15 is 0 Å². The van der Waals surface area contributed by atoms with Gasteiger partial charge in [-0.2, -0.15) is 0 Å². The van der Waals surface area contributed by atoms with Crippen LogP contribution in [-0.4, -0.2) is 99.6 Å². The number of hydrogen-bond acceptors (Lipinski definition) is 13. The lowest BCUT2D eigenvalue weighted by atomic mass is 9.78. The van der Waals surface area contributed by atoms with Gasteiger partial charge in [-0.1, -0.05) is 6.08 Å². The summed E-state index contributed by atoms with van der Waals surface area (Å²) in [6.07, 6.45) is -3.92. The van der Waals surface area contributed by atoms with Crippen molar-refractivity contribution in [2.45, 2.75) is 42.6 Å². The van der Waals surface area contributed by atoms with Crippen molar-refractivity contribution in [3.63, 3.8) is 0 Å². The number of carbonyl (C=O) groups excluding carboxylic acids is 3. The molecule has 0 unspecified atom stereocenters. The van der Waals surface area contributed by atoms with Crippen LogP contribution in [0.15, 0.2) is 59.9 Å². The second-order valence-electron chi connectivity index (χ2n) is 9.49. The Kier molecular flexibility index (Phi) is 7.05. The van der Waals surface area contributed by atoms with Gasteiger partial charge in [0.2, 0.25) is 6.29 Å². The van der Waals surface area contributed by atoms with Crippen molar-refractivity contribution in [3.05, 3.63) is 65.5 Å². The number of methoxy groups -OCH3 is 1. The standard InChI is InChI=1S/C26H26O13/c1-35-22(33)15-10-36-24(38-25-21(32)20(31)19(30)16(9-27)37-25)17-13(15)6-7-26(17)8-14(23(34)39-26)18(29)11-2-4-12(28)5-3-11/h2-8,10,13,16-17,19-21,24-25,27-28,30-32H,9H2,1H3/t13-,16-,17-,19-,20+,21-,24-,25+,26-/m1/s1. The molecule has 5 rings (SSSR count). The van der Waals surface area contributed by atoms with E-state index in [9.17, 15) is 39.9 Å². The van der Waals surface area contributed by atoms with Crippen LogP contribution in [0.25, 0.3) is 0 Å². The molecule has 0 saturated carbocycles. The normalized spacial score (nSPS) is 37.0. The summed E-state index contributed by atoms with van der Waals surface area (Å²) in [6, 6.07) is 5.28. The van der Waals surface area contributed by atoms with Gasteiger partial charge in [0, 0.05) is 11.5 Å². The number of Topliss-reactive ketones (excluding diaryl/α,β-unsaturated/α-hetero) is 1. The number of rotatable bonds is 6. The maximum atomic E-state index is 13.1. The van der Waals surface area contributed by atoms with E-state index in [1.807, 2.05) is 0 Å². The van der Waals surface area contributed by atoms with Crippen LogP contribution in [0.4, 0.5) is 0 Å². The minimum atomic E-state index is -1.76. The monoisotopic (exact) mass is 546 g/mol. The summed E-state index contributed by atoms with van der Waals surface area (Å²) >= 11 is 0. The van der Waals surface area contributed by atoms with Crippen molar-refractivity contribution in [2.75, 3.05) is 13.7 Å². The van der Waals surface area contributed by atoms with E-state index in [0.29, 0.717) is 0 Å². The van der Waals surface area contributed by atoms with E-state index < -0.39 is 78.8 Å². The van der Waals surface area contributed by atoms with E-state index in [0.717, 1.165) is 6.26 Å². The Morgan fingerprint density at radius 3 is 2.44 bits per heavy atom. The average Bonchev–Trinajstić information content (AvgIpc) is 3.48. The number of allylic oxidation sites excluding steroid dienone is 1. The van der Waals surface area contributed by atoms with Crippen LogP contribution < -0.4 is 0 Å². The molecule has 0 radical (unpaired) electrons. The highest BCUT2D eigenvalue weighted by Crippen LogP contribution is 2.50. The van der Waals surface area contributed by atoms with Gasteiger partial charge in [0.05, 0.1) is 31.5 Å². The lowest BCUT2D eigenvalue weighted by Gasteiger charge is -2.44. The van der Waals surface area contributed by atoms with Crippen LogP contribution in [0.3, 0.4) is 0 Å². The number of carbonyl (C=O) groups is 3. The summed E-state index contributed by atoms with van der Waals surface area (Å²) in [4.78, 5) is 38.5. The Hall–Kier alpha value is -3.59. The van der Waals surface area contributed by atoms with Crippen molar-refractivity contribution in [1.82, 2.24) is 0 Å². The van der Waals surface area contributed by atoms with Crippen molar-refractivity contribution in [3.8, 4) is 5.75 Å². The number of phenols is 1. The molecule has 4 aliphatic rings. The maximum absolute atomic E-state index is 13.1. The lowest BCUT2D eigenvalue weighted by molar-refractivity contribution is -0.344. The number of aromatic hydroxyl groups is 1. The number of esters is 2. The highest BCUT2D eigenvalue weighted by molar-refractivity contribution is 6.25. The first-order valence-corrected chi connectivity index (χ1v) is 12.0. The molecule has 1 aliphatic carbocycles. The molecule has 208 valence electrons. The first-order valence-electron chi connectivity index (χ1n) is 12.0. The molecule has 1 saturated heterocycles. The predicted molar refractivity (Wildman–Crippen MR) is 125 cm³/mol. The van der Waals surface area contributed by atoms with Crippen LogP contribution >= 0.6 is 0 Å². The molecule has 3 aliphatic heterocycles. The van der Waals surface area contributed by atoms with Gasteiger partial charge < -0.3 is 49.2 Å². The molecule has 1 fully saturated rings. The summed E-state index contributed by atoms with van der Waals surface area (Å²) in [7, 11) is 1.17. The molecule has 0 bridgehead atoms. The Morgan fingerprint density at radius 1 is 1.05 bits per heavy atom. The second kappa shape index (κ2) is 10.2. The molecule has 3 heterocycles. The largest absolute Gasteiger partial charge is 0.508 e. The fourth-order valence-electron chi connectivity index (χ4n) is 5.18. The Bertz CT molecular complexity index is 1250. The fourth-order valence-corrected chi connectivity index (χ4v) is 5.18.